The number of nitrogens with zero attached hydrogens (tertiary/aromatic N) is 4. The topological polar surface area (TPSA) is 92.2 Å². The number of aromatic nitrogens is 2. The summed E-state index contributed by atoms with van der Waals surface area (Å²) in [7, 11) is 1.96. The van der Waals surface area contributed by atoms with Crippen molar-refractivity contribution in [2.24, 2.45) is 0 Å². The molecule has 1 aliphatic heterocycles. The monoisotopic (exact) mass is 493 g/mol. The van der Waals surface area contributed by atoms with Gasteiger partial charge in [-0.05, 0) is 43.2 Å². The molecular formula is C27H35N5O4. The van der Waals surface area contributed by atoms with Crippen LogP contribution in [0.2, 0.25) is 0 Å². The summed E-state index contributed by atoms with van der Waals surface area (Å²) in [6.07, 6.45) is 1.73. The number of hydrogen-bond donors (Lipinski definition) is 2. The number of hydrogen-bond acceptors (Lipinski definition) is 9. The van der Waals surface area contributed by atoms with Crippen molar-refractivity contribution < 1.29 is 19.3 Å². The first-order valence-corrected chi connectivity index (χ1v) is 12.3. The highest BCUT2D eigenvalue weighted by Crippen LogP contribution is 2.31. The van der Waals surface area contributed by atoms with Crippen LogP contribution in [-0.2, 0) is 16.1 Å². The maximum Gasteiger partial charge on any atom is 0.229 e. The van der Waals surface area contributed by atoms with Gasteiger partial charge in [0.15, 0.2) is 0 Å². The fraction of sp³-hybridized carbons (Fsp3) is 0.407. The Balaban J connectivity index is 1.57. The summed E-state index contributed by atoms with van der Waals surface area (Å²) < 4.78 is 16.9. The van der Waals surface area contributed by atoms with E-state index < -0.39 is 0 Å². The van der Waals surface area contributed by atoms with E-state index in [1.165, 1.54) is 0 Å². The summed E-state index contributed by atoms with van der Waals surface area (Å²) in [5.74, 6) is 1.98. The first kappa shape index (κ1) is 25.7. The van der Waals surface area contributed by atoms with Crippen molar-refractivity contribution >= 4 is 28.8 Å². The molecular weight excluding hydrogens is 458 g/mol. The van der Waals surface area contributed by atoms with E-state index in [9.17, 15) is 5.11 Å². The van der Waals surface area contributed by atoms with E-state index in [1.807, 2.05) is 62.2 Å². The molecule has 1 fully saturated rings. The second kappa shape index (κ2) is 12.5. The molecule has 1 aromatic heterocycles. The quantitative estimate of drug-likeness (QED) is 0.384. The van der Waals surface area contributed by atoms with Gasteiger partial charge in [0.05, 0.1) is 26.4 Å². The second-order valence-corrected chi connectivity index (χ2v) is 8.56. The first-order valence-electron chi connectivity index (χ1n) is 12.3. The number of benzene rings is 2. The van der Waals surface area contributed by atoms with E-state index in [4.69, 9.17) is 19.2 Å². The van der Waals surface area contributed by atoms with E-state index in [0.717, 1.165) is 52.8 Å². The highest BCUT2D eigenvalue weighted by atomic mass is 16.5. The molecule has 3 aromatic rings. The molecule has 0 unspecified atom stereocenters. The van der Waals surface area contributed by atoms with Crippen molar-refractivity contribution in [1.29, 1.82) is 0 Å². The Morgan fingerprint density at radius 3 is 2.72 bits per heavy atom. The van der Waals surface area contributed by atoms with E-state index in [-0.39, 0.29) is 6.61 Å². The van der Waals surface area contributed by atoms with Gasteiger partial charge in [-0.25, -0.2) is 4.98 Å². The van der Waals surface area contributed by atoms with Crippen molar-refractivity contribution in [1.82, 2.24) is 9.97 Å². The van der Waals surface area contributed by atoms with Gasteiger partial charge in [0, 0.05) is 62.1 Å². The Hall–Kier alpha value is -3.40. The molecule has 2 aromatic carbocycles. The van der Waals surface area contributed by atoms with E-state index in [0.29, 0.717) is 39.0 Å². The largest absolute Gasteiger partial charge is 0.491 e. The highest BCUT2D eigenvalue weighted by molar-refractivity contribution is 5.68. The van der Waals surface area contributed by atoms with Crippen LogP contribution in [0, 0.1) is 6.92 Å². The number of anilines is 5. The van der Waals surface area contributed by atoms with E-state index in [2.05, 4.69) is 21.3 Å². The molecule has 4 rings (SSSR count). The van der Waals surface area contributed by atoms with Crippen LogP contribution < -0.4 is 19.9 Å². The molecule has 9 nitrogen and oxygen atoms in total. The van der Waals surface area contributed by atoms with Crippen molar-refractivity contribution in [2.45, 2.75) is 20.5 Å². The van der Waals surface area contributed by atoms with Gasteiger partial charge in [-0.15, -0.1) is 0 Å². The van der Waals surface area contributed by atoms with Crippen molar-refractivity contribution in [3.8, 4) is 5.75 Å². The zero-order valence-corrected chi connectivity index (χ0v) is 21.2. The Kier molecular flexibility index (Phi) is 8.94. The molecule has 0 atom stereocenters. The van der Waals surface area contributed by atoms with Gasteiger partial charge in [-0.3, -0.25) is 0 Å². The first-order chi connectivity index (χ1) is 17.6. The molecule has 0 amide bonds. The lowest BCUT2D eigenvalue weighted by atomic mass is 10.1. The number of rotatable bonds is 11. The Bertz CT molecular complexity index is 1140. The summed E-state index contributed by atoms with van der Waals surface area (Å²) >= 11 is 0. The van der Waals surface area contributed by atoms with Crippen LogP contribution in [-0.4, -0.2) is 68.2 Å². The zero-order valence-electron chi connectivity index (χ0n) is 21.2. The normalized spacial score (nSPS) is 13.5. The van der Waals surface area contributed by atoms with Gasteiger partial charge in [-0.1, -0.05) is 12.1 Å². The summed E-state index contributed by atoms with van der Waals surface area (Å²) in [6, 6.07) is 13.8. The molecule has 36 heavy (non-hydrogen) atoms. The van der Waals surface area contributed by atoms with Crippen molar-refractivity contribution in [3.63, 3.8) is 0 Å². The average Bonchev–Trinajstić information content (AvgIpc) is 2.91. The van der Waals surface area contributed by atoms with Gasteiger partial charge in [0.1, 0.15) is 18.2 Å². The Morgan fingerprint density at radius 2 is 1.94 bits per heavy atom. The molecule has 0 aliphatic carbocycles. The van der Waals surface area contributed by atoms with Crippen LogP contribution in [0.15, 0.2) is 48.7 Å². The van der Waals surface area contributed by atoms with Crippen LogP contribution >= 0.6 is 0 Å². The number of aliphatic hydroxyl groups excluding tert-OH is 1. The van der Waals surface area contributed by atoms with E-state index in [1.54, 1.807) is 6.20 Å². The molecule has 0 radical (unpaired) electrons. The maximum absolute atomic E-state index is 9.55. The van der Waals surface area contributed by atoms with E-state index >= 15 is 0 Å². The third kappa shape index (κ3) is 6.63. The molecule has 2 heterocycles. The molecule has 0 saturated carbocycles. The van der Waals surface area contributed by atoms with Crippen LogP contribution in [0.4, 0.5) is 28.8 Å². The zero-order chi connectivity index (χ0) is 25.3. The predicted molar refractivity (Wildman–Crippen MR) is 142 cm³/mol. The number of aliphatic hydroxyl groups is 1. The van der Waals surface area contributed by atoms with Crippen LogP contribution in [0.25, 0.3) is 0 Å². The third-order valence-electron chi connectivity index (χ3n) is 6.03. The summed E-state index contributed by atoms with van der Waals surface area (Å²) in [5.41, 5.74) is 4.81. The lowest BCUT2D eigenvalue weighted by Crippen LogP contribution is -2.36. The average molecular weight is 494 g/mol. The fourth-order valence-corrected chi connectivity index (χ4v) is 4.07. The number of nitrogens with one attached hydrogen (secondary N) is 1. The minimum Gasteiger partial charge on any atom is -0.491 e. The smallest absolute Gasteiger partial charge is 0.229 e. The molecule has 192 valence electrons. The Morgan fingerprint density at radius 1 is 1.11 bits per heavy atom. The molecule has 0 spiro atoms. The minimum absolute atomic E-state index is 0.00778. The summed E-state index contributed by atoms with van der Waals surface area (Å²) in [4.78, 5) is 13.5. The maximum atomic E-state index is 9.55. The molecule has 0 bridgehead atoms. The molecule has 2 N–H and O–H groups in total. The van der Waals surface area contributed by atoms with Crippen LogP contribution in [0.5, 0.6) is 5.75 Å². The predicted octanol–water partition coefficient (Wildman–Crippen LogP) is 4.04. The van der Waals surface area contributed by atoms with Crippen molar-refractivity contribution in [2.75, 3.05) is 68.3 Å². The molecule has 1 aliphatic rings. The Labute approximate surface area is 212 Å². The van der Waals surface area contributed by atoms with Gasteiger partial charge in [0.2, 0.25) is 5.95 Å². The second-order valence-electron chi connectivity index (χ2n) is 8.56. The van der Waals surface area contributed by atoms with Gasteiger partial charge < -0.3 is 34.4 Å². The number of ether oxygens (including phenoxy) is 3. The van der Waals surface area contributed by atoms with Gasteiger partial charge in [0.25, 0.3) is 0 Å². The number of aryl methyl sites for hydroxylation is 1. The SMILES string of the molecule is CCOCCOc1cc(Nc2nccc(N(C)c3cc(CO)ccc3C)n2)cc(N2CCOCC2)c1. The summed E-state index contributed by atoms with van der Waals surface area (Å²) in [5, 5.41) is 12.9. The lowest BCUT2D eigenvalue weighted by molar-refractivity contribution is 0.110. The minimum atomic E-state index is -0.00778. The highest BCUT2D eigenvalue weighted by Gasteiger charge is 2.15. The molecule has 1 saturated heterocycles. The number of morpholine rings is 1. The van der Waals surface area contributed by atoms with Gasteiger partial charge >= 0.3 is 0 Å². The lowest BCUT2D eigenvalue weighted by Gasteiger charge is -2.29. The van der Waals surface area contributed by atoms with Gasteiger partial charge in [-0.2, -0.15) is 4.98 Å². The van der Waals surface area contributed by atoms with Crippen LogP contribution in [0.1, 0.15) is 18.1 Å². The third-order valence-corrected chi connectivity index (χ3v) is 6.03. The standard InChI is InChI=1S/C27H35N5O4/c1-4-34-13-14-36-24-17-22(16-23(18-24)32-9-11-35-12-10-32)29-27-28-8-7-26(30-27)31(3)25-15-21(19-33)6-5-20(25)2/h5-8,15-18,33H,4,9-14,19H2,1-3H3,(H,28,29,30). The van der Waals surface area contributed by atoms with Crippen molar-refractivity contribution in [3.05, 3.63) is 59.8 Å². The molecule has 9 heteroatoms. The van der Waals surface area contributed by atoms with Crippen LogP contribution in [0.3, 0.4) is 0 Å². The fourth-order valence-electron chi connectivity index (χ4n) is 4.07. The summed E-state index contributed by atoms with van der Waals surface area (Å²) in [6.45, 7) is 8.73.